The van der Waals surface area contributed by atoms with Crippen molar-refractivity contribution in [3.8, 4) is 0 Å². The van der Waals surface area contributed by atoms with Crippen LogP contribution in [0.5, 0.6) is 0 Å². The van der Waals surface area contributed by atoms with E-state index < -0.39 is 5.41 Å². The topological polar surface area (TPSA) is 78.9 Å². The van der Waals surface area contributed by atoms with Crippen molar-refractivity contribution in [2.24, 2.45) is 16.3 Å². The fourth-order valence-electron chi connectivity index (χ4n) is 3.09. The third-order valence-corrected chi connectivity index (χ3v) is 4.57. The van der Waals surface area contributed by atoms with Gasteiger partial charge >= 0.3 is 0 Å². The van der Waals surface area contributed by atoms with Crippen LogP contribution in [-0.2, 0) is 4.79 Å². The summed E-state index contributed by atoms with van der Waals surface area (Å²) in [6, 6.07) is 0.296. The summed E-state index contributed by atoms with van der Waals surface area (Å²) in [6.45, 7) is 6.74. The van der Waals surface area contributed by atoms with E-state index in [4.69, 9.17) is 10.9 Å². The van der Waals surface area contributed by atoms with Crippen LogP contribution in [0, 0.1) is 5.41 Å². The average molecular weight is 269 g/mol. The Hall–Kier alpha value is -1.26. The molecule has 3 N–H and O–H groups in total. The van der Waals surface area contributed by atoms with E-state index in [0.29, 0.717) is 18.9 Å². The first kappa shape index (κ1) is 15.8. The van der Waals surface area contributed by atoms with Crippen LogP contribution < -0.4 is 5.73 Å². The van der Waals surface area contributed by atoms with Gasteiger partial charge in [0.2, 0.25) is 5.91 Å². The molecule has 0 bridgehead atoms. The monoisotopic (exact) mass is 269 g/mol. The van der Waals surface area contributed by atoms with E-state index in [1.165, 1.54) is 6.42 Å². The maximum absolute atomic E-state index is 12.9. The molecular formula is C14H27N3O2. The van der Waals surface area contributed by atoms with Crippen molar-refractivity contribution in [1.29, 1.82) is 0 Å². The summed E-state index contributed by atoms with van der Waals surface area (Å²) >= 11 is 0. The lowest BCUT2D eigenvalue weighted by Crippen LogP contribution is -2.55. The van der Waals surface area contributed by atoms with Crippen molar-refractivity contribution in [3.05, 3.63) is 0 Å². The number of hydrogen-bond acceptors (Lipinski definition) is 3. The van der Waals surface area contributed by atoms with Crippen LogP contribution >= 0.6 is 0 Å². The molecule has 1 aliphatic rings. The highest BCUT2D eigenvalue weighted by Gasteiger charge is 2.44. The Kier molecular flexibility index (Phi) is 5.63. The molecule has 1 aliphatic heterocycles. The molecule has 1 saturated heterocycles. The molecule has 0 aromatic carbocycles. The van der Waals surface area contributed by atoms with Crippen molar-refractivity contribution in [3.63, 3.8) is 0 Å². The van der Waals surface area contributed by atoms with Crippen molar-refractivity contribution in [2.45, 2.75) is 65.3 Å². The second-order valence-electron chi connectivity index (χ2n) is 5.33. The minimum absolute atomic E-state index is 0.0272. The number of rotatable bonds is 5. The Morgan fingerprint density at radius 3 is 2.47 bits per heavy atom. The summed E-state index contributed by atoms with van der Waals surface area (Å²) in [5.41, 5.74) is 4.97. The molecule has 0 saturated carbocycles. The Bertz CT molecular complexity index is 338. The number of oxime groups is 1. The van der Waals surface area contributed by atoms with Crippen molar-refractivity contribution in [1.82, 2.24) is 4.90 Å². The van der Waals surface area contributed by atoms with Crippen LogP contribution in [-0.4, -0.2) is 34.4 Å². The summed E-state index contributed by atoms with van der Waals surface area (Å²) in [7, 11) is 0. The largest absolute Gasteiger partial charge is 0.409 e. The summed E-state index contributed by atoms with van der Waals surface area (Å²) in [6.07, 6.45) is 5.36. The lowest BCUT2D eigenvalue weighted by Gasteiger charge is -2.41. The molecule has 0 spiro atoms. The number of hydrogen-bond donors (Lipinski definition) is 2. The van der Waals surface area contributed by atoms with Crippen LogP contribution in [0.3, 0.4) is 0 Å². The van der Waals surface area contributed by atoms with E-state index >= 15 is 0 Å². The first-order valence-electron chi connectivity index (χ1n) is 7.36. The van der Waals surface area contributed by atoms with Gasteiger partial charge < -0.3 is 15.8 Å². The summed E-state index contributed by atoms with van der Waals surface area (Å²) in [4.78, 5) is 14.9. The number of piperidine rings is 1. The average Bonchev–Trinajstić information content (AvgIpc) is 2.48. The fraction of sp³-hybridized carbons (Fsp3) is 0.857. The number of likely N-dealkylation sites (tertiary alicyclic amines) is 1. The second-order valence-corrected chi connectivity index (χ2v) is 5.33. The molecule has 1 unspecified atom stereocenters. The van der Waals surface area contributed by atoms with Gasteiger partial charge in [-0.15, -0.1) is 0 Å². The fourth-order valence-corrected chi connectivity index (χ4v) is 3.09. The quantitative estimate of drug-likeness (QED) is 0.348. The normalized spacial score (nSPS) is 21.5. The number of amides is 1. The molecular weight excluding hydrogens is 242 g/mol. The molecule has 1 heterocycles. The van der Waals surface area contributed by atoms with Gasteiger partial charge in [0.05, 0.1) is 0 Å². The third-order valence-electron chi connectivity index (χ3n) is 4.57. The lowest BCUT2D eigenvalue weighted by molar-refractivity contribution is -0.142. The SMILES string of the molecule is CCC1CCCCN1C(=O)C(CC)(CC)C(N)=NO. The Morgan fingerprint density at radius 2 is 2.00 bits per heavy atom. The van der Waals surface area contributed by atoms with Gasteiger partial charge in [-0.25, -0.2) is 0 Å². The molecule has 19 heavy (non-hydrogen) atoms. The highest BCUT2D eigenvalue weighted by atomic mass is 16.4. The molecule has 0 aromatic heterocycles. The maximum atomic E-state index is 12.9. The maximum Gasteiger partial charge on any atom is 0.236 e. The molecule has 0 aromatic rings. The third kappa shape index (κ3) is 2.85. The Balaban J connectivity index is 3.05. The predicted molar refractivity (Wildman–Crippen MR) is 76.1 cm³/mol. The minimum Gasteiger partial charge on any atom is -0.409 e. The lowest BCUT2D eigenvalue weighted by atomic mass is 9.78. The van der Waals surface area contributed by atoms with Crippen LogP contribution in [0.4, 0.5) is 0 Å². The van der Waals surface area contributed by atoms with Crippen LogP contribution in [0.1, 0.15) is 59.3 Å². The van der Waals surface area contributed by atoms with Gasteiger partial charge in [-0.05, 0) is 38.5 Å². The smallest absolute Gasteiger partial charge is 0.236 e. The van der Waals surface area contributed by atoms with Gasteiger partial charge in [0.25, 0.3) is 0 Å². The molecule has 1 amide bonds. The predicted octanol–water partition coefficient (Wildman–Crippen LogP) is 2.33. The highest BCUT2D eigenvalue weighted by Crippen LogP contribution is 2.33. The Labute approximate surface area is 115 Å². The number of carbonyl (C=O) groups excluding carboxylic acids is 1. The molecule has 1 fully saturated rings. The second kappa shape index (κ2) is 6.78. The molecule has 0 radical (unpaired) electrons. The van der Waals surface area contributed by atoms with Gasteiger partial charge in [-0.3, -0.25) is 4.79 Å². The van der Waals surface area contributed by atoms with Gasteiger partial charge in [0.15, 0.2) is 5.84 Å². The summed E-state index contributed by atoms with van der Waals surface area (Å²) in [5, 5.41) is 12.1. The van der Waals surface area contributed by atoms with E-state index in [1.54, 1.807) is 0 Å². The van der Waals surface area contributed by atoms with Crippen molar-refractivity contribution >= 4 is 11.7 Å². The number of nitrogens with zero attached hydrogens (tertiary/aromatic N) is 2. The summed E-state index contributed by atoms with van der Waals surface area (Å²) < 4.78 is 0. The molecule has 1 rings (SSSR count). The standard InChI is InChI=1S/C14H27N3O2/c1-4-11-9-7-8-10-17(11)13(18)14(5-2,6-3)12(15)16-19/h11,19H,4-10H2,1-3H3,(H2,15,16). The number of nitrogens with two attached hydrogens (primary N) is 1. The van der Waals surface area contributed by atoms with E-state index in [9.17, 15) is 4.79 Å². The first-order valence-corrected chi connectivity index (χ1v) is 7.36. The highest BCUT2D eigenvalue weighted by molar-refractivity contribution is 6.06. The summed E-state index contributed by atoms with van der Waals surface area (Å²) in [5.74, 6) is 0.0716. The van der Waals surface area contributed by atoms with Crippen LogP contribution in [0.15, 0.2) is 5.16 Å². The Morgan fingerprint density at radius 1 is 1.37 bits per heavy atom. The zero-order valence-electron chi connectivity index (χ0n) is 12.4. The molecule has 5 heteroatoms. The first-order chi connectivity index (χ1) is 9.07. The number of amidine groups is 1. The van der Waals surface area contributed by atoms with E-state index in [2.05, 4.69) is 12.1 Å². The zero-order chi connectivity index (χ0) is 14.5. The zero-order valence-corrected chi connectivity index (χ0v) is 12.4. The van der Waals surface area contributed by atoms with Crippen LogP contribution in [0.25, 0.3) is 0 Å². The van der Waals surface area contributed by atoms with E-state index in [1.807, 2.05) is 18.7 Å². The molecule has 110 valence electrons. The van der Waals surface area contributed by atoms with Gasteiger partial charge in [-0.2, -0.15) is 0 Å². The molecule has 1 atom stereocenters. The van der Waals surface area contributed by atoms with Crippen molar-refractivity contribution < 1.29 is 10.0 Å². The van der Waals surface area contributed by atoms with Gasteiger partial charge in [-0.1, -0.05) is 25.9 Å². The van der Waals surface area contributed by atoms with Crippen molar-refractivity contribution in [2.75, 3.05) is 6.54 Å². The van der Waals surface area contributed by atoms with E-state index in [0.717, 1.165) is 25.8 Å². The van der Waals surface area contributed by atoms with Gasteiger partial charge in [0, 0.05) is 12.6 Å². The number of carbonyl (C=O) groups is 1. The minimum atomic E-state index is -0.848. The van der Waals surface area contributed by atoms with Gasteiger partial charge in [0.1, 0.15) is 5.41 Å². The molecule has 5 nitrogen and oxygen atoms in total. The molecule has 0 aliphatic carbocycles. The van der Waals surface area contributed by atoms with Crippen LogP contribution in [0.2, 0.25) is 0 Å². The van der Waals surface area contributed by atoms with E-state index in [-0.39, 0.29) is 11.7 Å².